The van der Waals surface area contributed by atoms with Crippen molar-refractivity contribution in [1.29, 1.82) is 0 Å². The molecule has 2 nitrogen and oxygen atoms in total. The Kier molecular flexibility index (Phi) is 3.93. The smallest absolute Gasteiger partial charge is 0.203 e. The van der Waals surface area contributed by atoms with Gasteiger partial charge in [-0.2, -0.15) is 0 Å². The van der Waals surface area contributed by atoms with E-state index in [1.54, 1.807) is 24.3 Å². The van der Waals surface area contributed by atoms with E-state index < -0.39 is 9.84 Å². The SMILES string of the molecule is O=S(=O)(C1=C(c2ccccc2)CCCC1)c1ccccc1. The Morgan fingerprint density at radius 3 is 1.95 bits per heavy atom. The first-order valence-electron chi connectivity index (χ1n) is 7.27. The van der Waals surface area contributed by atoms with Gasteiger partial charge in [0.05, 0.1) is 9.80 Å². The molecule has 3 rings (SSSR count). The van der Waals surface area contributed by atoms with E-state index in [-0.39, 0.29) is 0 Å². The van der Waals surface area contributed by atoms with Crippen molar-refractivity contribution < 1.29 is 8.42 Å². The van der Waals surface area contributed by atoms with Crippen LogP contribution in [0.15, 0.2) is 70.5 Å². The van der Waals surface area contributed by atoms with Crippen LogP contribution in [-0.4, -0.2) is 8.42 Å². The summed E-state index contributed by atoms with van der Waals surface area (Å²) in [5.41, 5.74) is 2.03. The van der Waals surface area contributed by atoms with Crippen molar-refractivity contribution in [2.75, 3.05) is 0 Å². The van der Waals surface area contributed by atoms with E-state index in [1.165, 1.54) is 0 Å². The quantitative estimate of drug-likeness (QED) is 0.839. The Hall–Kier alpha value is -1.87. The molecular formula is C18H18O2S. The summed E-state index contributed by atoms with van der Waals surface area (Å²) in [5, 5.41) is 0. The maximum Gasteiger partial charge on any atom is 0.203 e. The first kappa shape index (κ1) is 14.1. The summed E-state index contributed by atoms with van der Waals surface area (Å²) in [7, 11) is -3.38. The Labute approximate surface area is 126 Å². The van der Waals surface area contributed by atoms with Gasteiger partial charge in [-0.25, -0.2) is 8.42 Å². The van der Waals surface area contributed by atoms with Gasteiger partial charge >= 0.3 is 0 Å². The molecule has 108 valence electrons. The molecule has 0 aromatic heterocycles. The first-order chi connectivity index (χ1) is 10.2. The van der Waals surface area contributed by atoms with Crippen molar-refractivity contribution >= 4 is 15.4 Å². The van der Waals surface area contributed by atoms with Gasteiger partial charge in [0.15, 0.2) is 0 Å². The van der Waals surface area contributed by atoms with Gasteiger partial charge in [0.1, 0.15) is 0 Å². The average Bonchev–Trinajstić information content (AvgIpc) is 2.56. The molecule has 0 bridgehead atoms. The summed E-state index contributed by atoms with van der Waals surface area (Å²) < 4.78 is 25.8. The fraction of sp³-hybridized carbons (Fsp3) is 0.222. The predicted octanol–water partition coefficient (Wildman–Crippen LogP) is 4.45. The van der Waals surface area contributed by atoms with Crippen LogP contribution >= 0.6 is 0 Å². The van der Waals surface area contributed by atoms with Crippen LogP contribution in [-0.2, 0) is 9.84 Å². The van der Waals surface area contributed by atoms with Gasteiger partial charge in [-0.15, -0.1) is 0 Å². The maximum atomic E-state index is 12.9. The highest BCUT2D eigenvalue weighted by atomic mass is 32.2. The number of allylic oxidation sites excluding steroid dienone is 2. The summed E-state index contributed by atoms with van der Waals surface area (Å²) in [5.74, 6) is 0. The normalized spacial score (nSPS) is 16.0. The first-order valence-corrected chi connectivity index (χ1v) is 8.75. The molecule has 0 saturated carbocycles. The number of rotatable bonds is 3. The van der Waals surface area contributed by atoms with Gasteiger partial charge in [-0.1, -0.05) is 48.5 Å². The second-order valence-corrected chi connectivity index (χ2v) is 7.26. The van der Waals surface area contributed by atoms with Crippen molar-refractivity contribution in [1.82, 2.24) is 0 Å². The van der Waals surface area contributed by atoms with Gasteiger partial charge < -0.3 is 0 Å². The van der Waals surface area contributed by atoms with Crippen LogP contribution in [0, 0.1) is 0 Å². The van der Waals surface area contributed by atoms with E-state index in [4.69, 9.17) is 0 Å². The highest BCUT2D eigenvalue weighted by molar-refractivity contribution is 7.95. The number of hydrogen-bond acceptors (Lipinski definition) is 2. The molecule has 1 aliphatic carbocycles. The predicted molar refractivity (Wildman–Crippen MR) is 85.5 cm³/mol. The van der Waals surface area contributed by atoms with E-state index in [1.807, 2.05) is 36.4 Å². The molecular weight excluding hydrogens is 280 g/mol. The minimum atomic E-state index is -3.38. The summed E-state index contributed by atoms with van der Waals surface area (Å²) in [6.45, 7) is 0. The van der Waals surface area contributed by atoms with Crippen molar-refractivity contribution in [3.8, 4) is 0 Å². The molecule has 0 aliphatic heterocycles. The third-order valence-electron chi connectivity index (χ3n) is 3.92. The molecule has 0 saturated heterocycles. The van der Waals surface area contributed by atoms with E-state index in [0.717, 1.165) is 30.4 Å². The molecule has 0 spiro atoms. The molecule has 1 aliphatic rings. The molecule has 2 aromatic rings. The highest BCUT2D eigenvalue weighted by Crippen LogP contribution is 2.37. The van der Waals surface area contributed by atoms with Crippen LogP contribution in [0.3, 0.4) is 0 Å². The van der Waals surface area contributed by atoms with Crippen LogP contribution in [0.5, 0.6) is 0 Å². The maximum absolute atomic E-state index is 12.9. The van der Waals surface area contributed by atoms with E-state index >= 15 is 0 Å². The Balaban J connectivity index is 2.15. The van der Waals surface area contributed by atoms with Crippen LogP contribution in [0.4, 0.5) is 0 Å². The largest absolute Gasteiger partial charge is 0.219 e. The van der Waals surface area contributed by atoms with Crippen molar-refractivity contribution in [2.24, 2.45) is 0 Å². The third kappa shape index (κ3) is 2.79. The molecule has 0 N–H and O–H groups in total. The summed E-state index contributed by atoms with van der Waals surface area (Å²) in [6, 6.07) is 18.6. The lowest BCUT2D eigenvalue weighted by atomic mass is 9.93. The van der Waals surface area contributed by atoms with Gasteiger partial charge in [-0.3, -0.25) is 0 Å². The van der Waals surface area contributed by atoms with E-state index in [9.17, 15) is 8.42 Å². The molecule has 0 unspecified atom stereocenters. The molecule has 2 aromatic carbocycles. The summed E-state index contributed by atoms with van der Waals surface area (Å²) in [6.07, 6.45) is 3.47. The van der Waals surface area contributed by atoms with Crippen LogP contribution in [0.25, 0.3) is 5.57 Å². The topological polar surface area (TPSA) is 34.1 Å². The minimum absolute atomic E-state index is 0.398. The Bertz CT molecular complexity index is 744. The molecule has 3 heteroatoms. The van der Waals surface area contributed by atoms with Crippen molar-refractivity contribution in [2.45, 2.75) is 30.6 Å². The van der Waals surface area contributed by atoms with Gasteiger partial charge in [0.2, 0.25) is 9.84 Å². The third-order valence-corrected chi connectivity index (χ3v) is 5.91. The van der Waals surface area contributed by atoms with E-state index in [2.05, 4.69) is 0 Å². The zero-order chi connectivity index (χ0) is 14.7. The summed E-state index contributed by atoms with van der Waals surface area (Å²) >= 11 is 0. The van der Waals surface area contributed by atoms with Crippen LogP contribution < -0.4 is 0 Å². The molecule has 0 fully saturated rings. The van der Waals surface area contributed by atoms with E-state index in [0.29, 0.717) is 16.2 Å². The lowest BCUT2D eigenvalue weighted by Gasteiger charge is -2.21. The number of hydrogen-bond donors (Lipinski definition) is 0. The van der Waals surface area contributed by atoms with Crippen LogP contribution in [0.2, 0.25) is 0 Å². The fourth-order valence-electron chi connectivity index (χ4n) is 2.86. The average molecular weight is 298 g/mol. The standard InChI is InChI=1S/C18H18O2S/c19-21(20,16-11-5-2-6-12-16)18-14-8-7-13-17(18)15-9-3-1-4-10-15/h1-6,9-12H,7-8,13-14H2. The second kappa shape index (κ2) is 5.86. The second-order valence-electron chi connectivity index (χ2n) is 5.29. The molecule has 0 radical (unpaired) electrons. The Morgan fingerprint density at radius 1 is 0.714 bits per heavy atom. The minimum Gasteiger partial charge on any atom is -0.219 e. The zero-order valence-corrected chi connectivity index (χ0v) is 12.6. The van der Waals surface area contributed by atoms with Gasteiger partial charge in [-0.05, 0) is 49.0 Å². The zero-order valence-electron chi connectivity index (χ0n) is 11.8. The van der Waals surface area contributed by atoms with Crippen molar-refractivity contribution in [3.63, 3.8) is 0 Å². The highest BCUT2D eigenvalue weighted by Gasteiger charge is 2.26. The summed E-state index contributed by atoms with van der Waals surface area (Å²) in [4.78, 5) is 1.00. The monoisotopic (exact) mass is 298 g/mol. The molecule has 0 heterocycles. The van der Waals surface area contributed by atoms with Gasteiger partial charge in [0, 0.05) is 0 Å². The van der Waals surface area contributed by atoms with Crippen molar-refractivity contribution in [3.05, 3.63) is 71.1 Å². The molecule has 0 atom stereocenters. The lowest BCUT2D eigenvalue weighted by molar-refractivity contribution is 0.596. The van der Waals surface area contributed by atoms with Gasteiger partial charge in [0.25, 0.3) is 0 Å². The molecule has 21 heavy (non-hydrogen) atoms. The lowest BCUT2D eigenvalue weighted by Crippen LogP contribution is -2.11. The Morgan fingerprint density at radius 2 is 1.29 bits per heavy atom. The molecule has 0 amide bonds. The number of sulfone groups is 1. The number of benzene rings is 2. The fourth-order valence-corrected chi connectivity index (χ4v) is 4.62. The van der Waals surface area contributed by atoms with Crippen LogP contribution in [0.1, 0.15) is 31.2 Å².